The number of hydrogen-bond acceptors (Lipinski definition) is 3. The van der Waals surface area contributed by atoms with E-state index in [-0.39, 0.29) is 17.2 Å². The number of nitrogens with two attached hydrogens (primary N) is 1. The third-order valence-corrected chi connectivity index (χ3v) is 3.38. The summed E-state index contributed by atoms with van der Waals surface area (Å²) in [6, 6.07) is 9.07. The highest BCUT2D eigenvalue weighted by molar-refractivity contribution is 9.10. The molecule has 0 saturated heterocycles. The minimum atomic E-state index is -0.673. The van der Waals surface area contributed by atoms with Crippen molar-refractivity contribution in [2.75, 3.05) is 12.3 Å². The van der Waals surface area contributed by atoms with Gasteiger partial charge in [0, 0.05) is 4.47 Å². The standard InChI is InChI=1S/C14H10BrClFNO2/c15-8-4-5-11(18)13(6-8)20-7-12(19)14-9(16)2-1-3-10(14)17/h1-6H,7,18H2. The van der Waals surface area contributed by atoms with Crippen molar-refractivity contribution in [3.05, 3.63) is 57.3 Å². The lowest BCUT2D eigenvalue weighted by molar-refractivity contribution is 0.0918. The number of ketones is 1. The van der Waals surface area contributed by atoms with Crippen LogP contribution in [0, 0.1) is 5.82 Å². The number of halogens is 3. The monoisotopic (exact) mass is 357 g/mol. The molecule has 0 aliphatic carbocycles. The zero-order chi connectivity index (χ0) is 14.7. The van der Waals surface area contributed by atoms with Gasteiger partial charge in [-0.15, -0.1) is 0 Å². The van der Waals surface area contributed by atoms with Gasteiger partial charge in [0.05, 0.1) is 16.3 Å². The van der Waals surface area contributed by atoms with E-state index in [1.54, 1.807) is 18.2 Å². The Labute approximate surface area is 128 Å². The molecule has 2 N–H and O–H groups in total. The summed E-state index contributed by atoms with van der Waals surface area (Å²) in [5.74, 6) is -0.874. The summed E-state index contributed by atoms with van der Waals surface area (Å²) in [7, 11) is 0. The Morgan fingerprint density at radius 1 is 1.35 bits per heavy atom. The van der Waals surface area contributed by atoms with Crippen LogP contribution in [0.15, 0.2) is 40.9 Å². The summed E-state index contributed by atoms with van der Waals surface area (Å²) >= 11 is 9.08. The number of carbonyl (C=O) groups is 1. The molecule has 0 radical (unpaired) electrons. The minimum Gasteiger partial charge on any atom is -0.483 e. The molecular weight excluding hydrogens is 349 g/mol. The first kappa shape index (κ1) is 14.8. The van der Waals surface area contributed by atoms with Gasteiger partial charge in [-0.3, -0.25) is 4.79 Å². The fourth-order valence-corrected chi connectivity index (χ4v) is 2.22. The lowest BCUT2D eigenvalue weighted by Gasteiger charge is -2.09. The highest BCUT2D eigenvalue weighted by Gasteiger charge is 2.16. The molecule has 6 heteroatoms. The zero-order valence-electron chi connectivity index (χ0n) is 10.2. The molecule has 0 heterocycles. The van der Waals surface area contributed by atoms with Crippen LogP contribution in [0.1, 0.15) is 10.4 Å². The Balaban J connectivity index is 2.15. The summed E-state index contributed by atoms with van der Waals surface area (Å²) in [6.45, 7) is -0.346. The smallest absolute Gasteiger partial charge is 0.204 e. The van der Waals surface area contributed by atoms with Crippen LogP contribution in [0.3, 0.4) is 0 Å². The second kappa shape index (κ2) is 6.24. The highest BCUT2D eigenvalue weighted by Crippen LogP contribution is 2.26. The average molecular weight is 359 g/mol. The van der Waals surface area contributed by atoms with Gasteiger partial charge in [-0.1, -0.05) is 33.6 Å². The van der Waals surface area contributed by atoms with E-state index in [4.69, 9.17) is 22.1 Å². The van der Waals surface area contributed by atoms with Crippen molar-refractivity contribution in [3.8, 4) is 5.75 Å². The van der Waals surface area contributed by atoms with Crippen LogP contribution in [0.25, 0.3) is 0 Å². The van der Waals surface area contributed by atoms with Crippen molar-refractivity contribution in [2.45, 2.75) is 0 Å². The van der Waals surface area contributed by atoms with Gasteiger partial charge in [0.2, 0.25) is 5.78 Å². The maximum absolute atomic E-state index is 13.6. The molecule has 104 valence electrons. The Morgan fingerprint density at radius 3 is 2.80 bits per heavy atom. The van der Waals surface area contributed by atoms with Crippen molar-refractivity contribution < 1.29 is 13.9 Å². The third-order valence-electron chi connectivity index (χ3n) is 2.58. The molecule has 0 spiro atoms. The van der Waals surface area contributed by atoms with E-state index in [2.05, 4.69) is 15.9 Å². The van der Waals surface area contributed by atoms with Crippen molar-refractivity contribution in [1.82, 2.24) is 0 Å². The molecule has 0 atom stereocenters. The molecule has 0 saturated carbocycles. The molecule has 0 aromatic heterocycles. The van der Waals surface area contributed by atoms with E-state index < -0.39 is 11.6 Å². The summed E-state index contributed by atoms with van der Waals surface area (Å²) in [6.07, 6.45) is 0. The number of carbonyl (C=O) groups excluding carboxylic acids is 1. The molecule has 0 aliphatic rings. The first-order valence-corrected chi connectivity index (χ1v) is 6.81. The second-order valence-corrected chi connectivity index (χ2v) is 5.31. The van der Waals surface area contributed by atoms with Crippen LogP contribution < -0.4 is 10.5 Å². The number of ether oxygens (including phenoxy) is 1. The van der Waals surface area contributed by atoms with Crippen LogP contribution in [-0.4, -0.2) is 12.4 Å². The fourth-order valence-electron chi connectivity index (χ4n) is 1.61. The summed E-state index contributed by atoms with van der Waals surface area (Å²) < 4.78 is 19.7. The molecule has 0 bridgehead atoms. The number of Topliss-reactive ketones (excluding diaryl/α,β-unsaturated/α-hetero) is 1. The van der Waals surface area contributed by atoms with E-state index in [1.807, 2.05) is 0 Å². The molecule has 3 nitrogen and oxygen atoms in total. The maximum Gasteiger partial charge on any atom is 0.204 e. The quantitative estimate of drug-likeness (QED) is 0.662. The first-order chi connectivity index (χ1) is 9.49. The van der Waals surface area contributed by atoms with E-state index in [0.717, 1.165) is 4.47 Å². The van der Waals surface area contributed by atoms with Crippen LogP contribution >= 0.6 is 27.5 Å². The van der Waals surface area contributed by atoms with Gasteiger partial charge in [0.15, 0.2) is 6.61 Å². The molecule has 0 amide bonds. The Bertz CT molecular complexity index is 643. The van der Waals surface area contributed by atoms with Crippen LogP contribution in [0.4, 0.5) is 10.1 Å². The summed E-state index contributed by atoms with van der Waals surface area (Å²) in [5.41, 5.74) is 5.93. The Morgan fingerprint density at radius 2 is 2.10 bits per heavy atom. The predicted molar refractivity (Wildman–Crippen MR) is 79.8 cm³/mol. The van der Waals surface area contributed by atoms with E-state index in [0.29, 0.717) is 11.4 Å². The first-order valence-electron chi connectivity index (χ1n) is 5.64. The average Bonchev–Trinajstić information content (AvgIpc) is 2.39. The Hall–Kier alpha value is -1.59. The van der Waals surface area contributed by atoms with Crippen molar-refractivity contribution in [3.63, 3.8) is 0 Å². The van der Waals surface area contributed by atoms with Crippen molar-refractivity contribution >= 4 is 39.0 Å². The van der Waals surface area contributed by atoms with Gasteiger partial charge in [-0.05, 0) is 30.3 Å². The molecule has 0 unspecified atom stereocenters. The third kappa shape index (κ3) is 3.29. The molecule has 0 aliphatic heterocycles. The Kier molecular flexibility index (Phi) is 4.62. The lowest BCUT2D eigenvalue weighted by Crippen LogP contribution is -2.14. The van der Waals surface area contributed by atoms with Gasteiger partial charge in [-0.25, -0.2) is 4.39 Å². The molecule has 2 aromatic rings. The molecule has 2 aromatic carbocycles. The molecule has 2 rings (SSSR count). The second-order valence-electron chi connectivity index (χ2n) is 3.99. The summed E-state index contributed by atoms with van der Waals surface area (Å²) in [4.78, 5) is 12.0. The molecule has 20 heavy (non-hydrogen) atoms. The van der Waals surface area contributed by atoms with Crippen LogP contribution in [0.2, 0.25) is 5.02 Å². The van der Waals surface area contributed by atoms with E-state index in [1.165, 1.54) is 18.2 Å². The number of benzene rings is 2. The SMILES string of the molecule is Nc1ccc(Br)cc1OCC(=O)c1c(F)cccc1Cl. The summed E-state index contributed by atoms with van der Waals surface area (Å²) in [5, 5.41) is 0.0563. The van der Waals surface area contributed by atoms with Gasteiger partial charge >= 0.3 is 0 Å². The van der Waals surface area contributed by atoms with Gasteiger partial charge in [0.1, 0.15) is 11.6 Å². The lowest BCUT2D eigenvalue weighted by atomic mass is 10.1. The van der Waals surface area contributed by atoms with Crippen molar-refractivity contribution in [1.29, 1.82) is 0 Å². The topological polar surface area (TPSA) is 52.3 Å². The largest absolute Gasteiger partial charge is 0.483 e. The van der Waals surface area contributed by atoms with Crippen molar-refractivity contribution in [2.24, 2.45) is 0 Å². The van der Waals surface area contributed by atoms with Gasteiger partial charge in [-0.2, -0.15) is 0 Å². The maximum atomic E-state index is 13.6. The van der Waals surface area contributed by atoms with Crippen LogP contribution in [0.5, 0.6) is 5.75 Å². The number of anilines is 1. The normalized spacial score (nSPS) is 10.3. The predicted octanol–water partition coefficient (Wildman–Crippen LogP) is 4.09. The number of hydrogen-bond donors (Lipinski definition) is 1. The van der Waals surface area contributed by atoms with Gasteiger partial charge < -0.3 is 10.5 Å². The van der Waals surface area contributed by atoms with Gasteiger partial charge in [0.25, 0.3) is 0 Å². The fraction of sp³-hybridized carbons (Fsp3) is 0.0714. The molecular formula is C14H10BrClFNO2. The zero-order valence-corrected chi connectivity index (χ0v) is 12.5. The highest BCUT2D eigenvalue weighted by atomic mass is 79.9. The van der Waals surface area contributed by atoms with E-state index >= 15 is 0 Å². The number of nitrogen functional groups attached to an aromatic ring is 1. The molecule has 0 fully saturated rings. The number of rotatable bonds is 4. The minimum absolute atomic E-state index is 0.0563. The van der Waals surface area contributed by atoms with Crippen LogP contribution in [-0.2, 0) is 0 Å². The van der Waals surface area contributed by atoms with E-state index in [9.17, 15) is 9.18 Å².